The van der Waals surface area contributed by atoms with Gasteiger partial charge < -0.3 is 14.9 Å². The molecule has 1 N–H and O–H groups in total. The number of rotatable bonds is 20. The van der Waals surface area contributed by atoms with E-state index in [1.54, 1.807) is 35.3 Å². The maximum Gasteiger partial charge on any atom is 0.346 e. The number of carboxylic acids is 1. The third kappa shape index (κ3) is 11.5. The average molecular weight is 994 g/mol. The molecule has 4 aromatic carbocycles. The van der Waals surface area contributed by atoms with Crippen molar-refractivity contribution in [2.45, 2.75) is 115 Å². The van der Waals surface area contributed by atoms with Crippen LogP contribution in [0, 0.1) is 34.9 Å². The monoisotopic (exact) mass is 993 g/mol. The van der Waals surface area contributed by atoms with Crippen molar-refractivity contribution in [3.8, 4) is 17.9 Å². The number of fused-ring (bicyclic) bond motifs is 2. The maximum atomic E-state index is 14.9. The van der Waals surface area contributed by atoms with Crippen LogP contribution in [-0.4, -0.2) is 17.1 Å². The van der Waals surface area contributed by atoms with Crippen LogP contribution in [0.1, 0.15) is 123 Å². The van der Waals surface area contributed by atoms with Crippen molar-refractivity contribution in [3.63, 3.8) is 0 Å². The minimum absolute atomic E-state index is 0.0289. The zero-order valence-corrected chi connectivity index (χ0v) is 42.8. The third-order valence-electron chi connectivity index (χ3n) is 14.0. The van der Waals surface area contributed by atoms with Gasteiger partial charge in [0.2, 0.25) is 0 Å². The van der Waals surface area contributed by atoms with E-state index in [-0.39, 0.29) is 28.4 Å². The van der Waals surface area contributed by atoms with Gasteiger partial charge in [-0.1, -0.05) is 131 Å². The highest BCUT2D eigenvalue weighted by atomic mass is 32.2. The third-order valence-corrected chi connectivity index (χ3v) is 16.8. The number of nitriles is 1. The number of halogens is 2. The van der Waals surface area contributed by atoms with Crippen LogP contribution in [0.15, 0.2) is 161 Å². The molecule has 9 rings (SSSR count). The van der Waals surface area contributed by atoms with Crippen LogP contribution < -0.4 is 9.80 Å². The molecule has 5 nitrogen and oxygen atoms in total. The number of allylic oxidation sites excluding steroid dienone is 10. The molecule has 1 aliphatic heterocycles. The maximum absolute atomic E-state index is 14.9. The van der Waals surface area contributed by atoms with Gasteiger partial charge in [0.05, 0.1) is 22.3 Å². The average Bonchev–Trinajstić information content (AvgIpc) is 3.95. The van der Waals surface area contributed by atoms with Crippen LogP contribution in [0.3, 0.4) is 0 Å². The van der Waals surface area contributed by atoms with Crippen molar-refractivity contribution >= 4 is 68.6 Å². The van der Waals surface area contributed by atoms with E-state index in [1.807, 2.05) is 30.3 Å². The molecule has 0 saturated carbocycles. The molecule has 3 atom stereocenters. The number of anilines is 3. The first-order valence-corrected chi connectivity index (χ1v) is 27.4. The normalized spacial score (nSPS) is 18.4. The SMILES string of the molecule is CCCCCCc1cc(C2SC(/C=C(/C#N)C(=O)O)=C[C@H]2CCCCCC)sc1C1=CC(N(C2=CC=C(F)CC2)c2cccc3ccccc23)C#CC(N(c2ccc(F)cc2)c2cccc3c2C=CCC3)=C1. The molecule has 9 heteroatoms. The van der Waals surface area contributed by atoms with E-state index in [1.165, 1.54) is 28.1 Å². The van der Waals surface area contributed by atoms with Crippen molar-refractivity contribution in [1.29, 1.82) is 5.26 Å². The molecule has 4 aliphatic rings. The van der Waals surface area contributed by atoms with Crippen molar-refractivity contribution in [2.24, 2.45) is 5.92 Å². The summed E-state index contributed by atoms with van der Waals surface area (Å²) in [7, 11) is 0. The first-order valence-electron chi connectivity index (χ1n) is 25.7. The van der Waals surface area contributed by atoms with Crippen LogP contribution >= 0.6 is 23.1 Å². The molecule has 72 heavy (non-hydrogen) atoms. The van der Waals surface area contributed by atoms with E-state index in [9.17, 15) is 23.9 Å². The predicted octanol–water partition coefficient (Wildman–Crippen LogP) is 17.4. The van der Waals surface area contributed by atoms with Gasteiger partial charge in [0.25, 0.3) is 0 Å². The van der Waals surface area contributed by atoms with Crippen LogP contribution in [0.4, 0.5) is 25.8 Å². The lowest BCUT2D eigenvalue weighted by atomic mass is 9.94. The van der Waals surface area contributed by atoms with E-state index in [4.69, 9.17) is 0 Å². The van der Waals surface area contributed by atoms with Gasteiger partial charge in [0.15, 0.2) is 0 Å². The molecule has 0 amide bonds. The highest BCUT2D eigenvalue weighted by Crippen LogP contribution is 2.53. The largest absolute Gasteiger partial charge is 0.477 e. The zero-order chi connectivity index (χ0) is 50.0. The summed E-state index contributed by atoms with van der Waals surface area (Å²) in [4.78, 5) is 19.7. The Kier molecular flexibility index (Phi) is 16.6. The Labute approximate surface area is 432 Å². The van der Waals surface area contributed by atoms with E-state index >= 15 is 0 Å². The second-order valence-corrected chi connectivity index (χ2v) is 21.3. The summed E-state index contributed by atoms with van der Waals surface area (Å²) in [5.74, 6) is 5.98. The molecule has 0 radical (unpaired) electrons. The molecule has 2 unspecified atom stereocenters. The molecule has 0 spiro atoms. The summed E-state index contributed by atoms with van der Waals surface area (Å²) in [5.41, 5.74) is 8.77. The smallest absolute Gasteiger partial charge is 0.346 e. The summed E-state index contributed by atoms with van der Waals surface area (Å²) < 4.78 is 29.8. The van der Waals surface area contributed by atoms with Crippen molar-refractivity contribution in [1.82, 2.24) is 0 Å². The first-order chi connectivity index (χ1) is 35.2. The van der Waals surface area contributed by atoms with Gasteiger partial charge in [-0.3, -0.25) is 0 Å². The minimum Gasteiger partial charge on any atom is -0.477 e. The van der Waals surface area contributed by atoms with Crippen molar-refractivity contribution < 1.29 is 18.7 Å². The fourth-order valence-electron chi connectivity index (χ4n) is 10.3. The predicted molar refractivity (Wildman–Crippen MR) is 297 cm³/mol. The zero-order valence-electron chi connectivity index (χ0n) is 41.2. The van der Waals surface area contributed by atoms with Gasteiger partial charge in [0, 0.05) is 43.4 Å². The van der Waals surface area contributed by atoms with Crippen molar-refractivity contribution in [3.05, 3.63) is 193 Å². The number of carbonyl (C=O) groups is 1. The Morgan fingerprint density at radius 3 is 2.43 bits per heavy atom. The molecular weight excluding hydrogens is 933 g/mol. The molecule has 366 valence electrons. The lowest BCUT2D eigenvalue weighted by Gasteiger charge is -2.33. The van der Waals surface area contributed by atoms with Crippen LogP contribution in [0.25, 0.3) is 22.4 Å². The lowest BCUT2D eigenvalue weighted by Crippen LogP contribution is -2.33. The molecule has 2 heterocycles. The topological polar surface area (TPSA) is 67.6 Å². The molecule has 0 fully saturated rings. The summed E-state index contributed by atoms with van der Waals surface area (Å²) >= 11 is 3.46. The van der Waals surface area contributed by atoms with Gasteiger partial charge in [-0.15, -0.1) is 23.1 Å². The van der Waals surface area contributed by atoms with Gasteiger partial charge in [0.1, 0.15) is 29.3 Å². The number of hydrogen-bond acceptors (Lipinski definition) is 6. The number of thioether (sulfide) groups is 1. The fraction of sp³-hybridized carbons (Fsp3) is 0.302. The van der Waals surface area contributed by atoms with Gasteiger partial charge in [-0.05, 0) is 145 Å². The van der Waals surface area contributed by atoms with E-state index in [0.717, 1.165) is 137 Å². The van der Waals surface area contributed by atoms with Gasteiger partial charge >= 0.3 is 5.97 Å². The number of aryl methyl sites for hydroxylation is 2. The van der Waals surface area contributed by atoms with Crippen LogP contribution in [0.5, 0.6) is 0 Å². The second kappa shape index (κ2) is 23.7. The quantitative estimate of drug-likeness (QED) is 0.0363. The second-order valence-electron chi connectivity index (χ2n) is 19.0. The number of aliphatic carboxylic acids is 1. The number of carboxylic acid groups (broad SMARTS) is 1. The Bertz CT molecular complexity index is 3150. The number of hydrogen-bond donors (Lipinski definition) is 1. The molecule has 0 saturated heterocycles. The van der Waals surface area contributed by atoms with Crippen molar-refractivity contribution in [2.75, 3.05) is 9.80 Å². The van der Waals surface area contributed by atoms with E-state index < -0.39 is 12.0 Å². The number of nitrogens with zero attached hydrogens (tertiary/aromatic N) is 3. The Balaban J connectivity index is 1.26. The van der Waals surface area contributed by atoms with E-state index in [0.29, 0.717) is 12.8 Å². The lowest BCUT2D eigenvalue weighted by molar-refractivity contribution is -0.132. The fourth-order valence-corrected chi connectivity index (χ4v) is 13.2. The highest BCUT2D eigenvalue weighted by molar-refractivity contribution is 8.03. The Morgan fingerprint density at radius 1 is 0.875 bits per heavy atom. The Hall–Kier alpha value is -6.65. The summed E-state index contributed by atoms with van der Waals surface area (Å²) in [5, 5.41) is 21.8. The standard InChI is InChI=1S/C63H61F2N3O2S2/c1-3-5-7-9-19-45-39-55(40-48(42-66)63(69)70)71-62(45)60-41-46(20-10-8-6-4-2)61(72-60)47-37-53(67(51-31-27-49(64)28-32-51)58-25-15-21-43-17-11-13-23-56(43)58)35-36-54(38-47)68(52-33-29-50(65)30-34-52)59-26-16-22-44-18-12-14-24-57(44)59/h11,13-17,21-27,29-31,33-34,37-41,45,53,62H,3-10,12,18-20,28,32H2,1-2H3,(H,69,70)/b48-40-/t45-,53?,62?/m1/s1. The van der Waals surface area contributed by atoms with E-state index in [2.05, 4.69) is 127 Å². The number of benzene rings is 4. The molecule has 3 aliphatic carbocycles. The first kappa shape index (κ1) is 50.3. The van der Waals surface area contributed by atoms with Crippen LogP contribution in [-0.2, 0) is 17.6 Å². The molecule has 1 aromatic heterocycles. The molecule has 5 aromatic rings. The number of thiophene rings is 1. The summed E-state index contributed by atoms with van der Waals surface area (Å²) in [6.07, 6.45) is 29.5. The number of unbranched alkanes of at least 4 members (excludes halogenated alkanes) is 6. The van der Waals surface area contributed by atoms with Crippen LogP contribution in [0.2, 0.25) is 0 Å². The molecule has 0 bridgehead atoms. The highest BCUT2D eigenvalue weighted by Gasteiger charge is 2.33. The van der Waals surface area contributed by atoms with Gasteiger partial charge in [-0.25, -0.2) is 13.6 Å². The minimum atomic E-state index is -1.22. The molecular formula is C63H61F2N3O2S2. The summed E-state index contributed by atoms with van der Waals surface area (Å²) in [6.45, 7) is 4.45. The summed E-state index contributed by atoms with van der Waals surface area (Å²) in [6, 6.07) is 31.6. The van der Waals surface area contributed by atoms with Gasteiger partial charge in [-0.2, -0.15) is 5.26 Å². The Morgan fingerprint density at radius 2 is 1.65 bits per heavy atom.